The fourth-order valence-corrected chi connectivity index (χ4v) is 5.29. The van der Waals surface area contributed by atoms with Crippen LogP contribution in [0.5, 0.6) is 0 Å². The van der Waals surface area contributed by atoms with E-state index in [-0.39, 0.29) is 22.2 Å². The lowest BCUT2D eigenvalue weighted by Crippen LogP contribution is -2.42. The zero-order chi connectivity index (χ0) is 23.6. The van der Waals surface area contributed by atoms with Crippen LogP contribution < -0.4 is 11.1 Å². The molecule has 170 valence electrons. The summed E-state index contributed by atoms with van der Waals surface area (Å²) in [6, 6.07) is 9.71. The van der Waals surface area contributed by atoms with Gasteiger partial charge in [-0.1, -0.05) is 24.3 Å². The number of nitrogens with two attached hydrogens (primary N) is 1. The summed E-state index contributed by atoms with van der Waals surface area (Å²) in [7, 11) is -4.14. The Morgan fingerprint density at radius 1 is 1.09 bits per heavy atom. The molecule has 2 aromatic carbocycles. The third kappa shape index (κ3) is 4.47. The highest BCUT2D eigenvalue weighted by molar-refractivity contribution is 7.85. The number of anilines is 1. The van der Waals surface area contributed by atoms with Crippen molar-refractivity contribution in [1.82, 2.24) is 15.3 Å². The van der Waals surface area contributed by atoms with Crippen molar-refractivity contribution in [3.63, 3.8) is 0 Å². The van der Waals surface area contributed by atoms with Gasteiger partial charge in [-0.3, -0.25) is 9.78 Å². The van der Waals surface area contributed by atoms with Gasteiger partial charge in [0.05, 0.1) is 18.1 Å². The second-order valence-electron chi connectivity index (χ2n) is 7.71. The van der Waals surface area contributed by atoms with Crippen LogP contribution in [0.4, 0.5) is 10.2 Å². The summed E-state index contributed by atoms with van der Waals surface area (Å²) in [5, 5.41) is 2.72. The van der Waals surface area contributed by atoms with E-state index in [4.69, 9.17) is 5.73 Å². The maximum absolute atomic E-state index is 15.0. The summed E-state index contributed by atoms with van der Waals surface area (Å²) in [5.74, 6) is -0.744. The number of hydrogen-bond acceptors (Lipinski definition) is 6. The molecule has 1 atom stereocenters. The van der Waals surface area contributed by atoms with Gasteiger partial charge in [-0.25, -0.2) is 9.37 Å². The standard InChI is InChI=1S/C23H22FN5O3S/c1-29(20-7-4-5-11-26-23(20)30)33(31,32)21-8-3-2-6-16(21)15-9-10-17(18(24)12-15)19-13-28-22(25)14-27-19/h2-3,6,8-10,12-14,20H,1,4-5,7,11H2,(H2-,25,26,28,30)/p+1. The van der Waals surface area contributed by atoms with Gasteiger partial charge < -0.3 is 11.1 Å². The fraction of sp³-hybridized carbons (Fsp3) is 0.217. The molecule has 4 rings (SSSR count). The highest BCUT2D eigenvalue weighted by Crippen LogP contribution is 2.32. The SMILES string of the molecule is C=[N+](C1CCCCNC1=O)S(=O)(=O)c1ccccc1-c1ccc(-c2cnc(N)cn2)c(F)c1. The van der Waals surface area contributed by atoms with Crippen LogP contribution >= 0.6 is 0 Å². The molecule has 0 spiro atoms. The normalized spacial score (nSPS) is 16.6. The molecule has 3 N–H and O–H groups in total. The summed E-state index contributed by atoms with van der Waals surface area (Å²) in [6.45, 7) is 4.20. The van der Waals surface area contributed by atoms with Gasteiger partial charge in [0.25, 0.3) is 5.91 Å². The first-order chi connectivity index (χ1) is 15.8. The Kier molecular flexibility index (Phi) is 6.19. The molecule has 1 aliphatic rings. The van der Waals surface area contributed by atoms with Crippen molar-refractivity contribution in [2.75, 3.05) is 12.3 Å². The number of aromatic nitrogens is 2. The lowest BCUT2D eigenvalue weighted by Gasteiger charge is -2.14. The van der Waals surface area contributed by atoms with Crippen LogP contribution in [0, 0.1) is 5.82 Å². The lowest BCUT2D eigenvalue weighted by atomic mass is 10.0. The van der Waals surface area contributed by atoms with Crippen LogP contribution in [0.1, 0.15) is 19.3 Å². The molecule has 0 bridgehead atoms. The zero-order valence-electron chi connectivity index (χ0n) is 17.7. The van der Waals surface area contributed by atoms with Crippen LogP contribution in [0.3, 0.4) is 0 Å². The number of nitrogen functional groups attached to an aromatic ring is 1. The maximum Gasteiger partial charge on any atom is 0.395 e. The number of rotatable bonds is 5. The van der Waals surface area contributed by atoms with Crippen molar-refractivity contribution in [1.29, 1.82) is 0 Å². The summed E-state index contributed by atoms with van der Waals surface area (Å²) < 4.78 is 42.7. The number of amides is 1. The quantitative estimate of drug-likeness (QED) is 0.439. The molecular formula is C23H23FN5O3S+. The minimum atomic E-state index is -4.14. The van der Waals surface area contributed by atoms with Crippen molar-refractivity contribution in [3.05, 3.63) is 60.7 Å². The minimum absolute atomic E-state index is 0.0588. The summed E-state index contributed by atoms with van der Waals surface area (Å²) in [5.41, 5.74) is 6.71. The summed E-state index contributed by atoms with van der Waals surface area (Å²) in [4.78, 5) is 20.3. The van der Waals surface area contributed by atoms with E-state index < -0.39 is 21.9 Å². The van der Waals surface area contributed by atoms with E-state index in [1.54, 1.807) is 24.3 Å². The number of nitrogens with one attached hydrogen (secondary N) is 1. The molecule has 3 aromatic rings. The molecule has 1 unspecified atom stereocenters. The van der Waals surface area contributed by atoms with Gasteiger partial charge in [0.1, 0.15) is 23.2 Å². The molecule has 1 aliphatic heterocycles. The monoisotopic (exact) mass is 468 g/mol. The van der Waals surface area contributed by atoms with Crippen molar-refractivity contribution in [3.8, 4) is 22.4 Å². The third-order valence-corrected chi connectivity index (χ3v) is 7.34. The number of benzene rings is 2. The molecule has 8 nitrogen and oxygen atoms in total. The van der Waals surface area contributed by atoms with Crippen molar-refractivity contribution in [2.24, 2.45) is 0 Å². The van der Waals surface area contributed by atoms with E-state index >= 15 is 0 Å². The Morgan fingerprint density at radius 2 is 1.88 bits per heavy atom. The second kappa shape index (κ2) is 9.07. The number of sulfonamides is 1. The van der Waals surface area contributed by atoms with Gasteiger partial charge in [-0.05, 0) is 36.6 Å². The topological polar surface area (TPSA) is 118 Å². The highest BCUT2D eigenvalue weighted by atomic mass is 32.2. The minimum Gasteiger partial charge on any atom is -0.382 e. The molecular weight excluding hydrogens is 445 g/mol. The van der Waals surface area contributed by atoms with Crippen LogP contribution in [-0.2, 0) is 14.8 Å². The average Bonchev–Trinajstić information content (AvgIpc) is 3.03. The van der Waals surface area contributed by atoms with Gasteiger partial charge in [0.15, 0.2) is 0 Å². The van der Waals surface area contributed by atoms with E-state index in [1.165, 1.54) is 30.6 Å². The van der Waals surface area contributed by atoms with E-state index in [0.29, 0.717) is 36.2 Å². The Morgan fingerprint density at radius 3 is 2.61 bits per heavy atom. The Labute approximate surface area is 191 Å². The van der Waals surface area contributed by atoms with E-state index in [0.717, 1.165) is 10.4 Å². The van der Waals surface area contributed by atoms with Crippen LogP contribution in [0.15, 0.2) is 59.8 Å². The summed E-state index contributed by atoms with van der Waals surface area (Å²) in [6.07, 6.45) is 4.55. The number of halogens is 1. The van der Waals surface area contributed by atoms with E-state index in [2.05, 4.69) is 22.0 Å². The van der Waals surface area contributed by atoms with Gasteiger partial charge >= 0.3 is 10.0 Å². The first kappa shape index (κ1) is 22.5. The first-order valence-electron chi connectivity index (χ1n) is 10.4. The largest absolute Gasteiger partial charge is 0.395 e. The second-order valence-corrected chi connectivity index (χ2v) is 9.57. The maximum atomic E-state index is 15.0. The summed E-state index contributed by atoms with van der Waals surface area (Å²) >= 11 is 0. The van der Waals surface area contributed by atoms with E-state index in [9.17, 15) is 17.6 Å². The fourth-order valence-electron chi connectivity index (χ4n) is 3.79. The number of hydrogen-bond donors (Lipinski definition) is 2. The molecule has 2 heterocycles. The first-order valence-corrected chi connectivity index (χ1v) is 11.8. The lowest BCUT2D eigenvalue weighted by molar-refractivity contribution is -0.392. The van der Waals surface area contributed by atoms with Crippen LogP contribution in [-0.4, -0.2) is 47.6 Å². The molecule has 33 heavy (non-hydrogen) atoms. The van der Waals surface area contributed by atoms with Gasteiger partial charge in [0, 0.05) is 24.1 Å². The zero-order valence-corrected chi connectivity index (χ0v) is 18.6. The Balaban J connectivity index is 1.73. The third-order valence-electron chi connectivity index (χ3n) is 5.56. The molecule has 1 saturated heterocycles. The Hall–Kier alpha value is -3.66. The van der Waals surface area contributed by atoms with Crippen molar-refractivity contribution in [2.45, 2.75) is 30.2 Å². The molecule has 1 fully saturated rings. The predicted octanol–water partition coefficient (Wildman–Crippen LogP) is 2.60. The van der Waals surface area contributed by atoms with Crippen LogP contribution in [0.25, 0.3) is 22.4 Å². The van der Waals surface area contributed by atoms with Gasteiger partial charge in [-0.2, -0.15) is 8.42 Å². The van der Waals surface area contributed by atoms with Crippen molar-refractivity contribution < 1.29 is 21.6 Å². The molecule has 10 heteroatoms. The van der Waals surface area contributed by atoms with Gasteiger partial charge in [0.2, 0.25) is 6.04 Å². The number of carbonyl (C=O) groups is 1. The molecule has 0 radical (unpaired) electrons. The van der Waals surface area contributed by atoms with E-state index in [1.807, 2.05) is 0 Å². The van der Waals surface area contributed by atoms with Crippen molar-refractivity contribution >= 4 is 28.5 Å². The predicted molar refractivity (Wildman–Crippen MR) is 122 cm³/mol. The van der Waals surface area contributed by atoms with Crippen LogP contribution in [0.2, 0.25) is 0 Å². The molecule has 1 aromatic heterocycles. The smallest absolute Gasteiger partial charge is 0.382 e. The number of nitrogens with zero attached hydrogens (tertiary/aromatic N) is 3. The molecule has 0 saturated carbocycles. The Bertz CT molecular complexity index is 1330. The number of carbonyl (C=O) groups excluding carboxylic acids is 1. The molecule has 0 aliphatic carbocycles. The van der Waals surface area contributed by atoms with Gasteiger partial charge in [-0.15, -0.1) is 3.98 Å². The average molecular weight is 469 g/mol. The molecule has 1 amide bonds. The highest BCUT2D eigenvalue weighted by Gasteiger charge is 2.39.